The highest BCUT2D eigenvalue weighted by molar-refractivity contribution is 5.82. The van der Waals surface area contributed by atoms with Crippen LogP contribution in [0.25, 0.3) is 10.9 Å². The minimum absolute atomic E-state index is 0.220. The number of hydrogen-bond donors (Lipinski definition) is 1. The summed E-state index contributed by atoms with van der Waals surface area (Å²) >= 11 is 0. The van der Waals surface area contributed by atoms with E-state index in [9.17, 15) is 4.39 Å². The second-order valence-corrected chi connectivity index (χ2v) is 6.20. The molecule has 0 fully saturated rings. The molecule has 4 nitrogen and oxygen atoms in total. The standard InChI is InChI=1S/C21H23FN4/c1-23-21(26(2)15-16-8-10-19(22)11-9-16)25-14-12-18-6-3-5-17-7-4-13-24-20(17)18/h3-11,13H,12,14-15H2,1-2H3,(H,23,25). The number of nitrogens with one attached hydrogen (secondary N) is 1. The summed E-state index contributed by atoms with van der Waals surface area (Å²) in [4.78, 5) is 10.9. The summed E-state index contributed by atoms with van der Waals surface area (Å²) in [5.41, 5.74) is 3.30. The minimum atomic E-state index is -0.220. The number of aromatic nitrogens is 1. The lowest BCUT2D eigenvalue weighted by Gasteiger charge is -2.22. The van der Waals surface area contributed by atoms with Gasteiger partial charge in [-0.2, -0.15) is 0 Å². The molecular weight excluding hydrogens is 327 g/mol. The average Bonchev–Trinajstić information content (AvgIpc) is 2.67. The predicted molar refractivity (Wildman–Crippen MR) is 105 cm³/mol. The number of halogens is 1. The number of hydrogen-bond acceptors (Lipinski definition) is 2. The van der Waals surface area contributed by atoms with E-state index in [2.05, 4.69) is 39.6 Å². The van der Waals surface area contributed by atoms with Crippen molar-refractivity contribution in [3.05, 3.63) is 77.7 Å². The van der Waals surface area contributed by atoms with Crippen molar-refractivity contribution in [2.24, 2.45) is 4.99 Å². The molecule has 0 aliphatic heterocycles. The summed E-state index contributed by atoms with van der Waals surface area (Å²) in [7, 11) is 3.74. The fraction of sp³-hybridized carbons (Fsp3) is 0.238. The maximum atomic E-state index is 13.0. The van der Waals surface area contributed by atoms with Crippen molar-refractivity contribution in [3.63, 3.8) is 0 Å². The molecule has 3 rings (SSSR count). The lowest BCUT2D eigenvalue weighted by Crippen LogP contribution is -2.39. The highest BCUT2D eigenvalue weighted by Gasteiger charge is 2.07. The van der Waals surface area contributed by atoms with Crippen molar-refractivity contribution >= 4 is 16.9 Å². The van der Waals surface area contributed by atoms with Crippen LogP contribution in [-0.2, 0) is 13.0 Å². The third-order valence-corrected chi connectivity index (χ3v) is 4.30. The smallest absolute Gasteiger partial charge is 0.193 e. The normalized spacial score (nSPS) is 11.6. The number of rotatable bonds is 5. The zero-order valence-corrected chi connectivity index (χ0v) is 15.1. The molecule has 1 heterocycles. The van der Waals surface area contributed by atoms with Gasteiger partial charge in [0.2, 0.25) is 0 Å². The van der Waals surface area contributed by atoms with Gasteiger partial charge in [-0.3, -0.25) is 9.98 Å². The van der Waals surface area contributed by atoms with Crippen LogP contribution in [0.15, 0.2) is 65.8 Å². The molecule has 0 saturated carbocycles. The van der Waals surface area contributed by atoms with Gasteiger partial charge in [0.15, 0.2) is 5.96 Å². The van der Waals surface area contributed by atoms with E-state index in [1.807, 2.05) is 24.2 Å². The van der Waals surface area contributed by atoms with Gasteiger partial charge in [-0.1, -0.05) is 36.4 Å². The first-order valence-corrected chi connectivity index (χ1v) is 8.66. The molecule has 1 N–H and O–H groups in total. The Kier molecular flexibility index (Phi) is 5.79. The number of pyridine rings is 1. The van der Waals surface area contributed by atoms with Crippen LogP contribution in [0, 0.1) is 5.82 Å². The van der Waals surface area contributed by atoms with Gasteiger partial charge in [-0.05, 0) is 35.7 Å². The Morgan fingerprint density at radius 2 is 1.88 bits per heavy atom. The van der Waals surface area contributed by atoms with Crippen LogP contribution >= 0.6 is 0 Å². The predicted octanol–water partition coefficient (Wildman–Crippen LogP) is 3.62. The Balaban J connectivity index is 1.59. The molecule has 0 bridgehead atoms. The van der Waals surface area contributed by atoms with E-state index in [1.54, 1.807) is 19.2 Å². The first-order valence-electron chi connectivity index (χ1n) is 8.66. The molecule has 5 heteroatoms. The molecule has 0 unspecified atom stereocenters. The van der Waals surface area contributed by atoms with Crippen LogP contribution < -0.4 is 5.32 Å². The molecule has 134 valence electrons. The Morgan fingerprint density at radius 3 is 2.65 bits per heavy atom. The zero-order chi connectivity index (χ0) is 18.4. The average molecular weight is 350 g/mol. The Morgan fingerprint density at radius 1 is 1.12 bits per heavy atom. The van der Waals surface area contributed by atoms with Gasteiger partial charge in [-0.25, -0.2) is 4.39 Å². The summed E-state index contributed by atoms with van der Waals surface area (Å²) in [6.45, 7) is 1.42. The second kappa shape index (κ2) is 8.43. The molecule has 0 aliphatic carbocycles. The van der Waals surface area contributed by atoms with Crippen molar-refractivity contribution in [2.75, 3.05) is 20.6 Å². The van der Waals surface area contributed by atoms with Crippen LogP contribution in [-0.4, -0.2) is 36.5 Å². The lowest BCUT2D eigenvalue weighted by atomic mass is 10.1. The van der Waals surface area contributed by atoms with Crippen LogP contribution in [0.2, 0.25) is 0 Å². The molecule has 26 heavy (non-hydrogen) atoms. The zero-order valence-electron chi connectivity index (χ0n) is 15.1. The highest BCUT2D eigenvalue weighted by Crippen LogP contribution is 2.16. The van der Waals surface area contributed by atoms with Crippen molar-refractivity contribution in [1.29, 1.82) is 0 Å². The van der Waals surface area contributed by atoms with E-state index in [0.717, 1.165) is 35.4 Å². The SMILES string of the molecule is CN=C(NCCc1cccc2cccnc12)N(C)Cc1ccc(F)cc1. The Labute approximate surface area is 153 Å². The van der Waals surface area contributed by atoms with E-state index in [-0.39, 0.29) is 5.82 Å². The Hall–Kier alpha value is -2.95. The van der Waals surface area contributed by atoms with Gasteiger partial charge in [0.05, 0.1) is 5.52 Å². The summed E-state index contributed by atoms with van der Waals surface area (Å²) in [5.74, 6) is 0.588. The summed E-state index contributed by atoms with van der Waals surface area (Å²) in [5, 5.41) is 4.54. The van der Waals surface area contributed by atoms with Crippen LogP contribution in [0.4, 0.5) is 4.39 Å². The summed E-state index contributed by atoms with van der Waals surface area (Å²) in [6.07, 6.45) is 2.69. The Bertz CT molecular complexity index is 885. The number of aliphatic imine (C=N–C) groups is 1. The maximum Gasteiger partial charge on any atom is 0.193 e. The first-order chi connectivity index (χ1) is 12.7. The van der Waals surface area contributed by atoms with E-state index in [0.29, 0.717) is 6.54 Å². The van der Waals surface area contributed by atoms with Gasteiger partial charge < -0.3 is 10.2 Å². The van der Waals surface area contributed by atoms with Gasteiger partial charge in [0, 0.05) is 38.8 Å². The third kappa shape index (κ3) is 4.36. The van der Waals surface area contributed by atoms with Crippen LogP contribution in [0.3, 0.4) is 0 Å². The molecule has 0 radical (unpaired) electrons. The molecule has 0 spiro atoms. The summed E-state index contributed by atoms with van der Waals surface area (Å²) < 4.78 is 13.0. The number of para-hydroxylation sites is 1. The quantitative estimate of drug-likeness (QED) is 0.564. The minimum Gasteiger partial charge on any atom is -0.356 e. The van der Waals surface area contributed by atoms with Crippen molar-refractivity contribution in [2.45, 2.75) is 13.0 Å². The van der Waals surface area contributed by atoms with Crippen LogP contribution in [0.5, 0.6) is 0 Å². The molecule has 0 amide bonds. The largest absolute Gasteiger partial charge is 0.356 e. The highest BCUT2D eigenvalue weighted by atomic mass is 19.1. The topological polar surface area (TPSA) is 40.5 Å². The molecule has 0 atom stereocenters. The van der Waals surface area contributed by atoms with E-state index >= 15 is 0 Å². The number of nitrogens with zero attached hydrogens (tertiary/aromatic N) is 3. The summed E-state index contributed by atoms with van der Waals surface area (Å²) in [6, 6.07) is 16.8. The maximum absolute atomic E-state index is 13.0. The van der Waals surface area contributed by atoms with E-state index < -0.39 is 0 Å². The third-order valence-electron chi connectivity index (χ3n) is 4.30. The fourth-order valence-electron chi connectivity index (χ4n) is 3.00. The van der Waals surface area contributed by atoms with Crippen LogP contribution in [0.1, 0.15) is 11.1 Å². The number of fused-ring (bicyclic) bond motifs is 1. The van der Waals surface area contributed by atoms with Crippen molar-refractivity contribution in [3.8, 4) is 0 Å². The molecule has 0 aliphatic rings. The molecular formula is C21H23FN4. The van der Waals surface area contributed by atoms with Gasteiger partial charge in [0.25, 0.3) is 0 Å². The lowest BCUT2D eigenvalue weighted by molar-refractivity contribution is 0.476. The molecule has 2 aromatic carbocycles. The van der Waals surface area contributed by atoms with Crippen molar-refractivity contribution in [1.82, 2.24) is 15.2 Å². The van der Waals surface area contributed by atoms with E-state index in [4.69, 9.17) is 0 Å². The second-order valence-electron chi connectivity index (χ2n) is 6.20. The van der Waals surface area contributed by atoms with Gasteiger partial charge in [-0.15, -0.1) is 0 Å². The van der Waals surface area contributed by atoms with Gasteiger partial charge in [0.1, 0.15) is 5.82 Å². The molecule has 0 saturated heterocycles. The molecule has 1 aromatic heterocycles. The fourth-order valence-corrected chi connectivity index (χ4v) is 3.00. The van der Waals surface area contributed by atoms with E-state index in [1.165, 1.54) is 17.7 Å². The number of benzene rings is 2. The van der Waals surface area contributed by atoms with Gasteiger partial charge >= 0.3 is 0 Å². The molecule has 3 aromatic rings. The number of guanidine groups is 1. The van der Waals surface area contributed by atoms with Crippen molar-refractivity contribution < 1.29 is 4.39 Å². The monoisotopic (exact) mass is 350 g/mol. The first kappa shape index (κ1) is 17.9.